The van der Waals surface area contributed by atoms with Gasteiger partial charge in [0.1, 0.15) is 12.3 Å². The number of hydrogen-bond donors (Lipinski definition) is 3. The highest BCUT2D eigenvalue weighted by atomic mass is 32.2. The van der Waals surface area contributed by atoms with Gasteiger partial charge in [0.15, 0.2) is 5.17 Å². The lowest BCUT2D eigenvalue weighted by Crippen LogP contribution is -2.20. The fourth-order valence-corrected chi connectivity index (χ4v) is 3.50. The predicted octanol–water partition coefficient (Wildman–Crippen LogP) is 3.63. The van der Waals surface area contributed by atoms with Crippen LogP contribution >= 0.6 is 11.8 Å². The van der Waals surface area contributed by atoms with E-state index in [0.717, 1.165) is 28.5 Å². The zero-order valence-corrected chi connectivity index (χ0v) is 17.3. The van der Waals surface area contributed by atoms with Crippen molar-refractivity contribution in [3.05, 3.63) is 33.7 Å². The van der Waals surface area contributed by atoms with Gasteiger partial charge in [-0.3, -0.25) is 14.6 Å². The molecule has 0 spiro atoms. The van der Waals surface area contributed by atoms with Crippen LogP contribution in [0.4, 0.5) is 0 Å². The lowest BCUT2D eigenvalue weighted by atomic mass is 9.78. The number of aliphatic imine (C=N–C) groups is 1. The molecule has 146 valence electrons. The molecule has 27 heavy (non-hydrogen) atoms. The van der Waals surface area contributed by atoms with Crippen LogP contribution in [0.25, 0.3) is 6.08 Å². The summed E-state index contributed by atoms with van der Waals surface area (Å²) in [6.07, 6.45) is 1.74. The van der Waals surface area contributed by atoms with Crippen molar-refractivity contribution in [2.75, 3.05) is 6.54 Å². The molecule has 1 aliphatic rings. The molecule has 0 unspecified atom stereocenters. The van der Waals surface area contributed by atoms with Crippen LogP contribution in [0.2, 0.25) is 0 Å². The van der Waals surface area contributed by atoms with E-state index in [1.165, 1.54) is 0 Å². The number of carboxylic acids is 1. The number of aliphatic carboxylic acids is 1. The summed E-state index contributed by atoms with van der Waals surface area (Å²) >= 11 is 1.11. The van der Waals surface area contributed by atoms with Crippen molar-refractivity contribution in [1.82, 2.24) is 5.32 Å². The van der Waals surface area contributed by atoms with E-state index in [4.69, 9.17) is 5.11 Å². The Morgan fingerprint density at radius 1 is 1.15 bits per heavy atom. The second-order valence-corrected chi connectivity index (χ2v) is 9.58. The maximum Gasteiger partial charge on any atom is 0.325 e. The number of carbonyl (C=O) groups excluding carboxylic acids is 1. The molecule has 0 atom stereocenters. The zero-order valence-electron chi connectivity index (χ0n) is 16.5. The lowest BCUT2D eigenvalue weighted by molar-refractivity contribution is -0.135. The summed E-state index contributed by atoms with van der Waals surface area (Å²) in [6, 6.07) is 3.77. The van der Waals surface area contributed by atoms with Gasteiger partial charge in [-0.1, -0.05) is 41.5 Å². The van der Waals surface area contributed by atoms with Gasteiger partial charge in [-0.15, -0.1) is 0 Å². The number of thioether (sulfide) groups is 1. The molecule has 1 saturated heterocycles. The summed E-state index contributed by atoms with van der Waals surface area (Å²) in [5.74, 6) is -1.09. The minimum atomic E-state index is -1.06. The van der Waals surface area contributed by atoms with Crippen LogP contribution in [-0.4, -0.2) is 33.8 Å². The monoisotopic (exact) mass is 390 g/mol. The van der Waals surface area contributed by atoms with Crippen LogP contribution in [-0.2, 0) is 20.4 Å². The van der Waals surface area contributed by atoms with Crippen LogP contribution in [0.3, 0.4) is 0 Å². The van der Waals surface area contributed by atoms with Gasteiger partial charge >= 0.3 is 5.97 Å². The molecule has 3 N–H and O–H groups in total. The van der Waals surface area contributed by atoms with E-state index in [1.807, 2.05) is 53.7 Å². The van der Waals surface area contributed by atoms with E-state index >= 15 is 0 Å². The molecule has 7 heteroatoms. The molecule has 1 fully saturated rings. The standard InChI is InChI=1S/C20H26N2O4S/c1-19(2,3)12-7-11(8-13(16(12)25)20(4,5)6)9-14-17(26)22-18(27-14)21-10-15(23)24/h7-9,25H,10H2,1-6H3,(H,23,24)(H,21,22,26). The molecule has 0 bridgehead atoms. The average Bonchev–Trinajstić information content (AvgIpc) is 2.84. The van der Waals surface area contributed by atoms with Crippen molar-refractivity contribution in [2.24, 2.45) is 4.99 Å². The number of amidine groups is 1. The van der Waals surface area contributed by atoms with Gasteiger partial charge in [0.25, 0.3) is 5.91 Å². The summed E-state index contributed by atoms with van der Waals surface area (Å²) in [6.45, 7) is 11.8. The molecule has 1 aliphatic heterocycles. The molecule has 2 rings (SSSR count). The summed E-state index contributed by atoms with van der Waals surface area (Å²) in [5, 5.41) is 22.3. The van der Waals surface area contributed by atoms with Crippen molar-refractivity contribution in [1.29, 1.82) is 0 Å². The van der Waals surface area contributed by atoms with Crippen LogP contribution in [0.15, 0.2) is 22.0 Å². The summed E-state index contributed by atoms with van der Waals surface area (Å²) in [4.78, 5) is 27.1. The smallest absolute Gasteiger partial charge is 0.325 e. The van der Waals surface area contributed by atoms with E-state index in [1.54, 1.807) is 6.08 Å². The number of rotatable bonds is 3. The van der Waals surface area contributed by atoms with E-state index < -0.39 is 12.5 Å². The number of amides is 1. The van der Waals surface area contributed by atoms with E-state index in [9.17, 15) is 14.7 Å². The number of hydrogen-bond acceptors (Lipinski definition) is 5. The van der Waals surface area contributed by atoms with Crippen LogP contribution in [0.1, 0.15) is 58.2 Å². The number of carbonyl (C=O) groups is 2. The summed E-state index contributed by atoms with van der Waals surface area (Å²) in [5.41, 5.74) is 1.89. The third kappa shape index (κ3) is 5.13. The number of nitrogens with zero attached hydrogens (tertiary/aromatic N) is 1. The van der Waals surface area contributed by atoms with Crippen molar-refractivity contribution >= 4 is 34.9 Å². The van der Waals surface area contributed by atoms with Gasteiger partial charge in [-0.05, 0) is 46.4 Å². The number of phenolic OH excluding ortho intramolecular Hbond substituents is 1. The van der Waals surface area contributed by atoms with Gasteiger partial charge in [-0.2, -0.15) is 0 Å². The Kier molecular flexibility index (Phi) is 5.75. The number of carboxylic acid groups (broad SMARTS) is 1. The van der Waals surface area contributed by atoms with E-state index in [2.05, 4.69) is 10.3 Å². The highest BCUT2D eigenvalue weighted by molar-refractivity contribution is 8.18. The molecule has 6 nitrogen and oxygen atoms in total. The molecule has 0 aliphatic carbocycles. The maximum absolute atomic E-state index is 12.2. The van der Waals surface area contributed by atoms with E-state index in [-0.39, 0.29) is 27.7 Å². The highest BCUT2D eigenvalue weighted by Gasteiger charge is 2.28. The van der Waals surface area contributed by atoms with Crippen LogP contribution in [0.5, 0.6) is 5.75 Å². The van der Waals surface area contributed by atoms with Crippen molar-refractivity contribution in [3.63, 3.8) is 0 Å². The fraction of sp³-hybridized carbons (Fsp3) is 0.450. The second-order valence-electron chi connectivity index (χ2n) is 8.54. The molecular weight excluding hydrogens is 364 g/mol. The van der Waals surface area contributed by atoms with Crippen molar-refractivity contribution in [2.45, 2.75) is 52.4 Å². The Balaban J connectivity index is 2.50. The quantitative estimate of drug-likeness (QED) is 0.685. The van der Waals surface area contributed by atoms with Crippen molar-refractivity contribution < 1.29 is 19.8 Å². The lowest BCUT2D eigenvalue weighted by Gasteiger charge is -2.28. The topological polar surface area (TPSA) is 99.0 Å². The first-order chi connectivity index (χ1) is 12.3. The minimum Gasteiger partial charge on any atom is -0.507 e. The molecule has 1 amide bonds. The first kappa shape index (κ1) is 21.0. The normalized spacial score (nSPS) is 18.2. The Labute approximate surface area is 163 Å². The van der Waals surface area contributed by atoms with Crippen LogP contribution < -0.4 is 5.32 Å². The predicted molar refractivity (Wildman–Crippen MR) is 109 cm³/mol. The SMILES string of the molecule is CC(C)(C)c1cc(C=C2S/C(=N\CC(=O)O)NC2=O)cc(C(C)(C)C)c1O. The molecule has 0 aromatic heterocycles. The Morgan fingerprint density at radius 3 is 2.11 bits per heavy atom. The first-order valence-electron chi connectivity index (χ1n) is 8.64. The molecule has 1 heterocycles. The molecule has 0 saturated carbocycles. The van der Waals surface area contributed by atoms with E-state index in [0.29, 0.717) is 4.91 Å². The summed E-state index contributed by atoms with van der Waals surface area (Å²) in [7, 11) is 0. The minimum absolute atomic E-state index is 0.266. The molecule has 1 aromatic rings. The molecular formula is C20H26N2O4S. The number of aromatic hydroxyl groups is 1. The summed E-state index contributed by atoms with van der Waals surface area (Å²) < 4.78 is 0. The maximum atomic E-state index is 12.2. The fourth-order valence-electron chi connectivity index (χ4n) is 2.68. The van der Waals surface area contributed by atoms with Gasteiger partial charge in [0, 0.05) is 11.1 Å². The third-order valence-electron chi connectivity index (χ3n) is 4.05. The average molecular weight is 391 g/mol. The Bertz CT molecular complexity index is 808. The Hall–Kier alpha value is -2.28. The van der Waals surface area contributed by atoms with Crippen LogP contribution in [0, 0.1) is 0 Å². The Morgan fingerprint density at radius 2 is 1.67 bits per heavy atom. The number of nitrogens with one attached hydrogen (secondary N) is 1. The largest absolute Gasteiger partial charge is 0.507 e. The van der Waals surface area contributed by atoms with Crippen molar-refractivity contribution in [3.8, 4) is 5.75 Å². The molecule has 0 radical (unpaired) electrons. The number of benzene rings is 1. The van der Waals surface area contributed by atoms with Gasteiger partial charge in [-0.25, -0.2) is 0 Å². The third-order valence-corrected chi connectivity index (χ3v) is 5.00. The first-order valence-corrected chi connectivity index (χ1v) is 9.46. The highest BCUT2D eigenvalue weighted by Crippen LogP contribution is 2.40. The van der Waals surface area contributed by atoms with Gasteiger partial charge in [0.05, 0.1) is 4.91 Å². The second kappa shape index (κ2) is 7.38. The van der Waals surface area contributed by atoms with Gasteiger partial charge < -0.3 is 15.5 Å². The zero-order chi connectivity index (χ0) is 20.6. The van der Waals surface area contributed by atoms with Gasteiger partial charge in [0.2, 0.25) is 0 Å². The molecule has 1 aromatic carbocycles. The number of phenols is 1.